The van der Waals surface area contributed by atoms with Gasteiger partial charge in [-0.15, -0.1) is 38.0 Å². The van der Waals surface area contributed by atoms with Gasteiger partial charge >= 0.3 is 6.36 Å². The van der Waals surface area contributed by atoms with E-state index in [9.17, 15) is 26.3 Å². The summed E-state index contributed by atoms with van der Waals surface area (Å²) in [6, 6.07) is 6.14. The molecule has 3 rings (SSSR count). The zero-order valence-electron chi connectivity index (χ0n) is 14.8. The molecule has 0 aromatic heterocycles. The summed E-state index contributed by atoms with van der Waals surface area (Å²) in [5.74, 6) is -4.61. The first-order valence-corrected chi connectivity index (χ1v) is 8.20. The zero-order valence-corrected chi connectivity index (χ0v) is 16.4. The summed E-state index contributed by atoms with van der Waals surface area (Å²) in [5, 5.41) is 3.13. The second-order valence-corrected chi connectivity index (χ2v) is 6.07. The molecule has 1 saturated heterocycles. The van der Waals surface area contributed by atoms with Crippen LogP contribution >= 0.6 is 24.8 Å². The highest BCUT2D eigenvalue weighted by Crippen LogP contribution is 2.34. The van der Waals surface area contributed by atoms with Gasteiger partial charge in [0.15, 0.2) is 17.5 Å². The summed E-state index contributed by atoms with van der Waals surface area (Å²) in [6.45, 7) is 2.22. The van der Waals surface area contributed by atoms with Crippen molar-refractivity contribution in [1.29, 1.82) is 0 Å². The van der Waals surface area contributed by atoms with E-state index < -0.39 is 35.6 Å². The second-order valence-electron chi connectivity index (χ2n) is 6.07. The molecule has 29 heavy (non-hydrogen) atoms. The quantitative estimate of drug-likeness (QED) is 0.519. The van der Waals surface area contributed by atoms with Crippen molar-refractivity contribution >= 4 is 24.8 Å². The third-order valence-corrected chi connectivity index (χ3v) is 4.31. The predicted octanol–water partition coefficient (Wildman–Crippen LogP) is 4.84. The predicted molar refractivity (Wildman–Crippen MR) is 100 cm³/mol. The van der Waals surface area contributed by atoms with Crippen LogP contribution in [-0.2, 0) is 0 Å². The Morgan fingerprint density at radius 3 is 2.00 bits per heavy atom. The van der Waals surface area contributed by atoms with E-state index in [1.165, 1.54) is 12.1 Å². The smallest absolute Gasteiger partial charge is 0.406 e. The highest BCUT2D eigenvalue weighted by Gasteiger charge is 2.32. The molecule has 0 bridgehead atoms. The fourth-order valence-electron chi connectivity index (χ4n) is 3.13. The van der Waals surface area contributed by atoms with Gasteiger partial charge in [-0.25, -0.2) is 13.2 Å². The summed E-state index contributed by atoms with van der Waals surface area (Å²) in [5.41, 5.74) is 0.358. The van der Waals surface area contributed by atoms with Crippen LogP contribution in [0.5, 0.6) is 5.75 Å². The molecular formula is C18H18Cl2F6N2O. The molecular weight excluding hydrogens is 445 g/mol. The SMILES string of the molecule is Cl.Cl.Fc1ccc([C@@H](c2ccc(OC(F)(F)F)cc2)N2CCNCC2)c(F)c1F. The number of nitrogens with zero attached hydrogens (tertiary/aromatic N) is 1. The van der Waals surface area contributed by atoms with Crippen LogP contribution in [-0.4, -0.2) is 37.4 Å². The number of piperazine rings is 1. The third kappa shape index (κ3) is 6.15. The van der Waals surface area contributed by atoms with Gasteiger partial charge in [0.1, 0.15) is 5.75 Å². The van der Waals surface area contributed by atoms with Crippen LogP contribution in [0.25, 0.3) is 0 Å². The van der Waals surface area contributed by atoms with Crippen molar-refractivity contribution in [3.05, 3.63) is 65.0 Å². The van der Waals surface area contributed by atoms with Gasteiger partial charge in [0.05, 0.1) is 6.04 Å². The monoisotopic (exact) mass is 462 g/mol. The van der Waals surface area contributed by atoms with E-state index in [-0.39, 0.29) is 30.4 Å². The van der Waals surface area contributed by atoms with Crippen molar-refractivity contribution < 1.29 is 31.1 Å². The highest BCUT2D eigenvalue weighted by atomic mass is 35.5. The van der Waals surface area contributed by atoms with Crippen molar-refractivity contribution in [3.63, 3.8) is 0 Å². The highest BCUT2D eigenvalue weighted by molar-refractivity contribution is 5.85. The van der Waals surface area contributed by atoms with Crippen molar-refractivity contribution in [2.75, 3.05) is 26.2 Å². The Bertz CT molecular complexity index is 798. The Labute approximate surface area is 175 Å². The Morgan fingerprint density at radius 1 is 0.862 bits per heavy atom. The normalized spacial score (nSPS) is 15.8. The molecule has 0 amide bonds. The number of halogens is 8. The number of rotatable bonds is 4. The number of hydrogen-bond donors (Lipinski definition) is 1. The number of alkyl halides is 3. The van der Waals surface area contributed by atoms with Crippen LogP contribution in [0.2, 0.25) is 0 Å². The molecule has 162 valence electrons. The fraction of sp³-hybridized carbons (Fsp3) is 0.333. The minimum absolute atomic E-state index is 0. The maximum atomic E-state index is 14.4. The molecule has 1 aliphatic heterocycles. The van der Waals surface area contributed by atoms with Crippen molar-refractivity contribution in [2.45, 2.75) is 12.4 Å². The maximum absolute atomic E-state index is 14.4. The topological polar surface area (TPSA) is 24.5 Å². The minimum Gasteiger partial charge on any atom is -0.406 e. The summed E-state index contributed by atoms with van der Waals surface area (Å²) in [6.07, 6.45) is -4.83. The molecule has 1 fully saturated rings. The van der Waals surface area contributed by atoms with Gasteiger partial charge in [-0.1, -0.05) is 18.2 Å². The number of nitrogens with one attached hydrogen (secondary N) is 1. The Morgan fingerprint density at radius 2 is 1.45 bits per heavy atom. The van der Waals surface area contributed by atoms with E-state index in [1.807, 2.05) is 4.90 Å². The molecule has 3 nitrogen and oxygen atoms in total. The third-order valence-electron chi connectivity index (χ3n) is 4.31. The average molecular weight is 463 g/mol. The van der Waals surface area contributed by atoms with E-state index >= 15 is 0 Å². The summed E-state index contributed by atoms with van der Waals surface area (Å²) in [4.78, 5) is 1.85. The van der Waals surface area contributed by atoms with E-state index in [4.69, 9.17) is 0 Å². The van der Waals surface area contributed by atoms with Gasteiger partial charge < -0.3 is 10.1 Å². The number of ether oxygens (including phenoxy) is 1. The van der Waals surface area contributed by atoms with E-state index in [2.05, 4.69) is 10.1 Å². The van der Waals surface area contributed by atoms with Crippen molar-refractivity contribution in [2.24, 2.45) is 0 Å². The minimum atomic E-state index is -4.83. The molecule has 11 heteroatoms. The maximum Gasteiger partial charge on any atom is 0.573 e. The molecule has 1 aliphatic rings. The second kappa shape index (κ2) is 10.4. The molecule has 0 aliphatic carbocycles. The first kappa shape index (κ1) is 25.4. The van der Waals surface area contributed by atoms with Gasteiger partial charge in [-0.05, 0) is 23.8 Å². The molecule has 2 aromatic carbocycles. The van der Waals surface area contributed by atoms with Crippen LogP contribution in [0.4, 0.5) is 26.3 Å². The fourth-order valence-corrected chi connectivity index (χ4v) is 3.13. The van der Waals surface area contributed by atoms with Gasteiger partial charge in [0.25, 0.3) is 0 Å². The molecule has 1 heterocycles. The Hall–Kier alpha value is -1.68. The first-order valence-electron chi connectivity index (χ1n) is 8.20. The molecule has 1 atom stereocenters. The van der Waals surface area contributed by atoms with Crippen molar-refractivity contribution in [3.8, 4) is 5.75 Å². The number of hydrogen-bond acceptors (Lipinski definition) is 3. The first-order chi connectivity index (χ1) is 12.8. The van der Waals surface area contributed by atoms with Crippen LogP contribution < -0.4 is 10.1 Å². The zero-order chi connectivity index (χ0) is 19.6. The number of benzene rings is 2. The van der Waals surface area contributed by atoms with Gasteiger partial charge in [0.2, 0.25) is 0 Å². The molecule has 2 aromatic rings. The standard InChI is InChI=1S/C18H16F6N2O.2ClH/c19-14-6-5-13(15(20)16(14)21)17(26-9-7-25-8-10-26)11-1-3-12(4-2-11)27-18(22,23)24;;/h1-6,17,25H,7-10H2;2*1H/t17-;;/m1../s1. The lowest BCUT2D eigenvalue weighted by atomic mass is 9.95. The van der Waals surface area contributed by atoms with Gasteiger partial charge in [0, 0.05) is 31.7 Å². The molecule has 0 unspecified atom stereocenters. The molecule has 1 N–H and O–H groups in total. The van der Waals surface area contributed by atoms with Crippen LogP contribution in [0.1, 0.15) is 17.2 Å². The van der Waals surface area contributed by atoms with Crippen LogP contribution in [0.3, 0.4) is 0 Å². The van der Waals surface area contributed by atoms with E-state index in [0.29, 0.717) is 31.7 Å². The molecule has 0 radical (unpaired) electrons. The molecule has 0 saturated carbocycles. The van der Waals surface area contributed by atoms with Crippen LogP contribution in [0.15, 0.2) is 36.4 Å². The Kier molecular flexibility index (Phi) is 9.08. The lowest BCUT2D eigenvalue weighted by molar-refractivity contribution is -0.274. The summed E-state index contributed by atoms with van der Waals surface area (Å²) >= 11 is 0. The summed E-state index contributed by atoms with van der Waals surface area (Å²) in [7, 11) is 0. The Balaban J connectivity index is 0.00000210. The van der Waals surface area contributed by atoms with E-state index in [0.717, 1.165) is 24.3 Å². The van der Waals surface area contributed by atoms with Crippen molar-refractivity contribution in [1.82, 2.24) is 10.2 Å². The summed E-state index contributed by atoms with van der Waals surface area (Å²) < 4.78 is 82.3. The van der Waals surface area contributed by atoms with Crippen LogP contribution in [0, 0.1) is 17.5 Å². The van der Waals surface area contributed by atoms with Gasteiger partial charge in [-0.2, -0.15) is 0 Å². The van der Waals surface area contributed by atoms with E-state index in [1.54, 1.807) is 0 Å². The molecule has 0 spiro atoms. The lowest BCUT2D eigenvalue weighted by Crippen LogP contribution is -2.45. The van der Waals surface area contributed by atoms with Gasteiger partial charge in [-0.3, -0.25) is 4.90 Å². The lowest BCUT2D eigenvalue weighted by Gasteiger charge is -2.35. The average Bonchev–Trinajstić information content (AvgIpc) is 2.63. The largest absolute Gasteiger partial charge is 0.573 e.